The monoisotopic (exact) mass is 549 g/mol. The molecule has 0 bridgehead atoms. The Morgan fingerprint density at radius 3 is 2.87 bits per heavy atom. The number of hydrogen-bond donors (Lipinski definition) is 0. The minimum Gasteiger partial charge on any atom is -0.491 e. The van der Waals surface area contributed by atoms with Gasteiger partial charge in [0.1, 0.15) is 28.7 Å². The van der Waals surface area contributed by atoms with E-state index < -0.39 is 11.7 Å². The van der Waals surface area contributed by atoms with Gasteiger partial charge < -0.3 is 18.9 Å². The zero-order chi connectivity index (χ0) is 27.8. The number of fused-ring (bicyclic) bond motifs is 1. The molecule has 4 rings (SSSR count). The van der Waals surface area contributed by atoms with Gasteiger partial charge in [0.15, 0.2) is 12.1 Å². The molecular formula is C29H33N4O5S. The first-order valence-electron chi connectivity index (χ1n) is 12.8. The molecule has 3 heterocycles. The van der Waals surface area contributed by atoms with Crippen molar-refractivity contribution in [2.75, 3.05) is 25.2 Å². The van der Waals surface area contributed by atoms with Crippen molar-refractivity contribution in [1.29, 1.82) is 0 Å². The van der Waals surface area contributed by atoms with Crippen LogP contribution in [-0.2, 0) is 14.2 Å². The van der Waals surface area contributed by atoms with Crippen molar-refractivity contribution in [1.82, 2.24) is 15.0 Å². The van der Waals surface area contributed by atoms with E-state index in [1.807, 2.05) is 24.3 Å². The standard InChI is InChI=1S/C29H33N4O5S/c1-20(37-27-12-8-9-15-35-27)19-36-22-13-14-23-24(16-22)39-26(32-23)11-7-6-10-21-17-31-25(18-30-21)33(5)28(34)38-29(2,3)4/h7,11,13-14,16-18,20,27H,1,8-9,12,15,19H2,2-5H3/b11-7+. The Labute approximate surface area is 233 Å². The van der Waals surface area contributed by atoms with Gasteiger partial charge in [-0.1, -0.05) is 5.92 Å². The highest BCUT2D eigenvalue weighted by molar-refractivity contribution is 7.19. The molecule has 205 valence electrons. The van der Waals surface area contributed by atoms with Gasteiger partial charge in [-0.2, -0.15) is 0 Å². The van der Waals surface area contributed by atoms with E-state index in [4.69, 9.17) is 18.9 Å². The maximum atomic E-state index is 12.2. The van der Waals surface area contributed by atoms with Gasteiger partial charge in [-0.3, -0.25) is 4.90 Å². The third-order valence-electron chi connectivity index (χ3n) is 5.45. The molecule has 9 nitrogen and oxygen atoms in total. The summed E-state index contributed by atoms with van der Waals surface area (Å²) in [7, 11) is 1.58. The molecule has 1 aliphatic heterocycles. The molecule has 1 aliphatic rings. The van der Waals surface area contributed by atoms with Crippen LogP contribution in [0.4, 0.5) is 10.6 Å². The van der Waals surface area contributed by atoms with Crippen LogP contribution < -0.4 is 9.64 Å². The van der Waals surface area contributed by atoms with Crippen LogP contribution in [0, 0.1) is 18.8 Å². The number of benzene rings is 1. The molecule has 0 saturated carbocycles. The van der Waals surface area contributed by atoms with Crippen molar-refractivity contribution in [3.8, 4) is 17.6 Å². The van der Waals surface area contributed by atoms with Crippen molar-refractivity contribution in [3.63, 3.8) is 0 Å². The van der Waals surface area contributed by atoms with E-state index in [1.54, 1.807) is 45.2 Å². The van der Waals surface area contributed by atoms with Crippen LogP contribution in [0.3, 0.4) is 0 Å². The average Bonchev–Trinajstić information content (AvgIpc) is 3.31. The Bertz CT molecular complexity index is 1350. The van der Waals surface area contributed by atoms with Crippen molar-refractivity contribution in [3.05, 3.63) is 54.3 Å². The fourth-order valence-corrected chi connectivity index (χ4v) is 4.46. The highest BCUT2D eigenvalue weighted by atomic mass is 32.1. The lowest BCUT2D eigenvalue weighted by atomic mass is 10.2. The van der Waals surface area contributed by atoms with Crippen molar-refractivity contribution in [2.24, 2.45) is 0 Å². The number of thiazole rings is 1. The highest BCUT2D eigenvalue weighted by Gasteiger charge is 2.21. The maximum Gasteiger partial charge on any atom is 0.415 e. The first-order valence-corrected chi connectivity index (χ1v) is 13.6. The summed E-state index contributed by atoms with van der Waals surface area (Å²) < 4.78 is 23.6. The molecule has 1 fully saturated rings. The molecule has 10 heteroatoms. The zero-order valence-electron chi connectivity index (χ0n) is 22.7. The molecular weight excluding hydrogens is 516 g/mol. The summed E-state index contributed by atoms with van der Waals surface area (Å²) in [5.41, 5.74) is 0.773. The van der Waals surface area contributed by atoms with Crippen LogP contribution in [0.15, 0.2) is 36.7 Å². The van der Waals surface area contributed by atoms with Crippen LogP contribution in [0.25, 0.3) is 16.3 Å². The van der Waals surface area contributed by atoms with Crippen LogP contribution in [0.2, 0.25) is 0 Å². The summed E-state index contributed by atoms with van der Waals surface area (Å²) in [6, 6.07) is 5.78. The second-order valence-corrected chi connectivity index (χ2v) is 11.0. The molecule has 1 aromatic carbocycles. The van der Waals surface area contributed by atoms with Gasteiger partial charge >= 0.3 is 6.09 Å². The van der Waals surface area contributed by atoms with Crippen LogP contribution in [0.1, 0.15) is 50.7 Å². The molecule has 0 N–H and O–H groups in total. The van der Waals surface area contributed by atoms with Gasteiger partial charge in [0.25, 0.3) is 0 Å². The largest absolute Gasteiger partial charge is 0.491 e. The predicted octanol–water partition coefficient (Wildman–Crippen LogP) is 5.65. The molecule has 1 radical (unpaired) electrons. The van der Waals surface area contributed by atoms with Gasteiger partial charge in [-0.05, 0) is 83.2 Å². The topological polar surface area (TPSA) is 95.9 Å². The summed E-state index contributed by atoms with van der Waals surface area (Å²) in [6.07, 6.45) is 8.64. The van der Waals surface area contributed by atoms with Crippen LogP contribution >= 0.6 is 11.3 Å². The van der Waals surface area contributed by atoms with Crippen molar-refractivity contribution in [2.45, 2.75) is 58.0 Å². The van der Waals surface area contributed by atoms with Gasteiger partial charge in [-0.25, -0.2) is 19.7 Å². The number of carbonyl (C=O) groups excluding carboxylic acids is 1. The number of ether oxygens (including phenoxy) is 4. The quantitative estimate of drug-likeness (QED) is 0.349. The lowest BCUT2D eigenvalue weighted by molar-refractivity contribution is -0.183. The molecule has 2 atom stereocenters. The number of rotatable bonds is 7. The Morgan fingerprint density at radius 2 is 2.15 bits per heavy atom. The Kier molecular flexibility index (Phi) is 9.51. The van der Waals surface area contributed by atoms with E-state index in [-0.39, 0.29) is 12.4 Å². The highest BCUT2D eigenvalue weighted by Crippen LogP contribution is 2.27. The van der Waals surface area contributed by atoms with E-state index in [0.717, 1.165) is 46.8 Å². The molecule has 2 aromatic heterocycles. The summed E-state index contributed by atoms with van der Waals surface area (Å²) in [4.78, 5) is 26.6. The average molecular weight is 550 g/mol. The first-order chi connectivity index (χ1) is 18.7. The fourth-order valence-electron chi connectivity index (χ4n) is 3.56. The lowest BCUT2D eigenvalue weighted by Crippen LogP contribution is -2.34. The van der Waals surface area contributed by atoms with E-state index in [9.17, 15) is 4.79 Å². The predicted molar refractivity (Wildman–Crippen MR) is 152 cm³/mol. The number of anilines is 1. The van der Waals surface area contributed by atoms with Gasteiger partial charge in [-0.15, -0.1) is 11.3 Å². The minimum absolute atomic E-state index is 0.191. The molecule has 1 saturated heterocycles. The number of allylic oxidation sites excluding steroid dienone is 1. The molecule has 39 heavy (non-hydrogen) atoms. The Balaban J connectivity index is 1.30. The number of aromatic nitrogens is 3. The third-order valence-corrected chi connectivity index (χ3v) is 6.44. The summed E-state index contributed by atoms with van der Waals surface area (Å²) in [5, 5.41) is 0.824. The summed E-state index contributed by atoms with van der Waals surface area (Å²) in [5.74, 6) is 6.99. The van der Waals surface area contributed by atoms with Crippen LogP contribution in [-0.4, -0.2) is 59.3 Å². The van der Waals surface area contributed by atoms with Crippen LogP contribution in [0.5, 0.6) is 5.75 Å². The molecule has 0 spiro atoms. The Hall–Kier alpha value is -3.52. The van der Waals surface area contributed by atoms with E-state index in [2.05, 4.69) is 33.7 Å². The molecule has 3 aromatic rings. The smallest absolute Gasteiger partial charge is 0.415 e. The number of hydrogen-bond acceptors (Lipinski definition) is 9. The van der Waals surface area contributed by atoms with Gasteiger partial charge in [0.2, 0.25) is 0 Å². The number of amides is 1. The maximum absolute atomic E-state index is 12.2. The molecule has 2 unspecified atom stereocenters. The fraction of sp³-hybridized carbons (Fsp3) is 0.414. The van der Waals surface area contributed by atoms with Gasteiger partial charge in [0.05, 0.1) is 28.7 Å². The van der Waals surface area contributed by atoms with E-state index >= 15 is 0 Å². The minimum atomic E-state index is -0.592. The molecule has 1 amide bonds. The summed E-state index contributed by atoms with van der Waals surface area (Å²) in [6.45, 7) is 10.5. The Morgan fingerprint density at radius 1 is 1.31 bits per heavy atom. The van der Waals surface area contributed by atoms with Crippen molar-refractivity contribution < 1.29 is 23.7 Å². The van der Waals surface area contributed by atoms with E-state index in [0.29, 0.717) is 18.1 Å². The number of nitrogens with zero attached hydrogens (tertiary/aromatic N) is 4. The lowest BCUT2D eigenvalue weighted by Gasteiger charge is -2.25. The zero-order valence-corrected chi connectivity index (χ0v) is 23.5. The number of carbonyl (C=O) groups is 1. The SMILES string of the molecule is [CH2]C(COc1ccc2nc(/C=C/C#Cc3cnc(N(C)C(=O)OC(C)(C)C)cn3)sc2c1)OC1CCCCO1. The second kappa shape index (κ2) is 13.0. The van der Waals surface area contributed by atoms with Gasteiger partial charge in [0, 0.05) is 13.7 Å². The normalized spacial score (nSPS) is 16.5. The molecule has 0 aliphatic carbocycles. The van der Waals surface area contributed by atoms with E-state index in [1.165, 1.54) is 17.3 Å². The third kappa shape index (κ3) is 8.75. The summed E-state index contributed by atoms with van der Waals surface area (Å²) >= 11 is 1.54. The second-order valence-electron chi connectivity index (χ2n) is 9.95. The first kappa shape index (κ1) is 28.5. The van der Waals surface area contributed by atoms with Crippen molar-refractivity contribution >= 4 is 39.5 Å².